The summed E-state index contributed by atoms with van der Waals surface area (Å²) in [6, 6.07) is 9.99. The molecule has 1 aromatic rings. The molecule has 1 aromatic carbocycles. The lowest BCUT2D eigenvalue weighted by atomic mass is 9.34. The van der Waals surface area contributed by atoms with Crippen molar-refractivity contribution in [3.05, 3.63) is 59.2 Å². The second kappa shape index (κ2) is 15.2. The van der Waals surface area contributed by atoms with Gasteiger partial charge in [0.1, 0.15) is 6.61 Å². The Hall–Kier alpha value is -2.00. The molecule has 0 bridgehead atoms. The van der Waals surface area contributed by atoms with Crippen LogP contribution < -0.4 is 5.32 Å². The third-order valence-corrected chi connectivity index (χ3v) is 18.8. The number of hydrogen-bond donors (Lipinski definition) is 2. The smallest absolute Gasteiger partial charge is 0.309 e. The first-order valence-corrected chi connectivity index (χ1v) is 24.4. The second-order valence-electron chi connectivity index (χ2n) is 20.7. The maximum Gasteiger partial charge on any atom is 0.309 e. The van der Waals surface area contributed by atoms with Gasteiger partial charge >= 0.3 is 5.97 Å². The molecule has 0 heterocycles. The molecule has 310 valence electrons. The summed E-state index contributed by atoms with van der Waals surface area (Å²) in [4.78, 5) is 13.0. The highest BCUT2D eigenvalue weighted by molar-refractivity contribution is 7.86. The molecule has 10 atom stereocenters. The molecule has 2 N–H and O–H groups in total. The SMILES string of the molecule is CC1C(C2=CC[C@H](C(=O)OCc3ccccc3)CC2)=CC[C@@]2(C)C1CC[C@]1(C)C2CC[C@@H]2C3CCC[C@]3(NCCC3(O)CCC(OS(C)(=O)=O)CC3)CC[C@]21C. The van der Waals surface area contributed by atoms with Crippen molar-refractivity contribution in [2.75, 3.05) is 12.8 Å². The Morgan fingerprint density at radius 3 is 2.34 bits per heavy atom. The van der Waals surface area contributed by atoms with Gasteiger partial charge in [-0.05, 0) is 178 Å². The number of ether oxygens (including phenoxy) is 1. The van der Waals surface area contributed by atoms with E-state index in [2.05, 4.69) is 45.2 Å². The van der Waals surface area contributed by atoms with Gasteiger partial charge in [0.25, 0.3) is 10.1 Å². The van der Waals surface area contributed by atoms with Gasteiger partial charge in [-0.15, -0.1) is 0 Å². The van der Waals surface area contributed by atoms with E-state index in [1.165, 1.54) is 69.8 Å². The predicted molar refractivity (Wildman–Crippen MR) is 222 cm³/mol. The lowest BCUT2D eigenvalue weighted by molar-refractivity contribution is -0.212. The highest BCUT2D eigenvalue weighted by atomic mass is 32.2. The summed E-state index contributed by atoms with van der Waals surface area (Å²) in [6.45, 7) is 11.8. The monoisotopic (exact) mass is 790 g/mol. The lowest BCUT2D eigenvalue weighted by Crippen LogP contribution is -2.67. The summed E-state index contributed by atoms with van der Waals surface area (Å²) in [5, 5.41) is 15.6. The van der Waals surface area contributed by atoms with Crippen LogP contribution in [0.1, 0.15) is 149 Å². The van der Waals surface area contributed by atoms with E-state index < -0.39 is 15.7 Å². The Kier molecular flexibility index (Phi) is 11.1. The molecule has 0 aliphatic heterocycles. The van der Waals surface area contributed by atoms with E-state index in [4.69, 9.17) is 8.92 Å². The number of hydrogen-bond acceptors (Lipinski definition) is 7. The van der Waals surface area contributed by atoms with Gasteiger partial charge in [0, 0.05) is 5.54 Å². The van der Waals surface area contributed by atoms with E-state index in [1.807, 2.05) is 30.3 Å². The fraction of sp³-hybridized carbons (Fsp3) is 0.771. The maximum atomic E-state index is 13.0. The van der Waals surface area contributed by atoms with Crippen LogP contribution in [0.2, 0.25) is 0 Å². The molecule has 7 nitrogen and oxygen atoms in total. The molecule has 7 aliphatic rings. The largest absolute Gasteiger partial charge is 0.461 e. The van der Waals surface area contributed by atoms with Crippen LogP contribution in [0.15, 0.2) is 53.6 Å². The van der Waals surface area contributed by atoms with Gasteiger partial charge in [-0.1, -0.05) is 76.6 Å². The molecule has 8 rings (SSSR count). The lowest BCUT2D eigenvalue weighted by Gasteiger charge is -2.71. The highest BCUT2D eigenvalue weighted by Gasteiger charge is 2.68. The summed E-state index contributed by atoms with van der Waals surface area (Å²) < 4.78 is 34.3. The number of fused-ring (bicyclic) bond motifs is 7. The fourth-order valence-corrected chi connectivity index (χ4v) is 15.6. The summed E-state index contributed by atoms with van der Waals surface area (Å²) in [5.74, 6) is 3.33. The van der Waals surface area contributed by atoms with Crippen molar-refractivity contribution in [2.45, 2.75) is 167 Å². The first kappa shape index (κ1) is 40.8. The normalized spacial score (nSPS) is 43.6. The fourth-order valence-electron chi connectivity index (χ4n) is 15.0. The highest BCUT2D eigenvalue weighted by Crippen LogP contribution is 2.75. The third kappa shape index (κ3) is 7.31. The second-order valence-corrected chi connectivity index (χ2v) is 22.3. The van der Waals surface area contributed by atoms with Gasteiger partial charge < -0.3 is 15.2 Å². The van der Waals surface area contributed by atoms with Gasteiger partial charge in [-0.2, -0.15) is 8.42 Å². The Morgan fingerprint density at radius 2 is 1.62 bits per heavy atom. The summed E-state index contributed by atoms with van der Waals surface area (Å²) in [6.07, 6.45) is 24.5. The van der Waals surface area contributed by atoms with Crippen molar-refractivity contribution >= 4 is 16.1 Å². The zero-order valence-corrected chi connectivity index (χ0v) is 35.9. The van der Waals surface area contributed by atoms with Crippen molar-refractivity contribution in [3.63, 3.8) is 0 Å². The van der Waals surface area contributed by atoms with Crippen LogP contribution in [-0.4, -0.2) is 49.5 Å². The van der Waals surface area contributed by atoms with Crippen LogP contribution >= 0.6 is 0 Å². The molecule has 8 heteroatoms. The van der Waals surface area contributed by atoms with Crippen LogP contribution in [0.5, 0.6) is 0 Å². The van der Waals surface area contributed by atoms with Crippen molar-refractivity contribution in [1.82, 2.24) is 5.32 Å². The molecule has 0 radical (unpaired) electrons. The van der Waals surface area contributed by atoms with Gasteiger partial charge in [0.05, 0.1) is 23.9 Å². The minimum Gasteiger partial charge on any atom is -0.461 e. The molecule has 0 amide bonds. The van der Waals surface area contributed by atoms with Crippen molar-refractivity contribution in [3.8, 4) is 0 Å². The topological polar surface area (TPSA) is 102 Å². The summed E-state index contributed by atoms with van der Waals surface area (Å²) in [7, 11) is -3.47. The zero-order valence-electron chi connectivity index (χ0n) is 35.1. The van der Waals surface area contributed by atoms with E-state index >= 15 is 0 Å². The molecular weight excluding hydrogens is 719 g/mol. The standard InChI is InChI=1S/C48H71NO6S/c1-33-38(35-13-15-36(16-14-35)43(50)54-32-34-10-7-6-8-11-34)21-24-44(2)39(33)22-25-46(4)42(44)18-17-40-41-12-9-23-48(41,29-28-45(40,46)3)49-31-30-47(51)26-19-37(20-27-47)55-56(5,52)53/h6-8,10-11,13,21,33,36-37,39-42,49,51H,9,12,14-20,22-32H2,1-5H3/t33?,36-,37?,39?,40+,41?,42?,44-,45+,46+,47?,48-/m0/s1. The number of rotatable bonds is 10. The molecule has 4 unspecified atom stereocenters. The molecular formula is C48H71NO6S. The van der Waals surface area contributed by atoms with E-state index in [1.54, 1.807) is 5.57 Å². The molecule has 0 aromatic heterocycles. The number of carbonyl (C=O) groups excluding carboxylic acids is 1. The number of benzene rings is 1. The zero-order chi connectivity index (χ0) is 39.6. The van der Waals surface area contributed by atoms with Crippen LogP contribution in [0, 0.1) is 51.8 Å². The number of aliphatic hydroxyl groups is 1. The summed E-state index contributed by atoms with van der Waals surface area (Å²) >= 11 is 0. The Bertz CT molecular complexity index is 1780. The summed E-state index contributed by atoms with van der Waals surface area (Å²) in [5.41, 5.74) is 4.54. The van der Waals surface area contributed by atoms with Gasteiger partial charge in [0.15, 0.2) is 0 Å². The van der Waals surface area contributed by atoms with Crippen molar-refractivity contribution in [1.29, 1.82) is 0 Å². The Labute approximate surface area is 338 Å². The van der Waals surface area contributed by atoms with Gasteiger partial charge in [0.2, 0.25) is 0 Å². The first-order chi connectivity index (χ1) is 26.6. The molecule has 5 saturated carbocycles. The first-order valence-electron chi connectivity index (χ1n) is 22.5. The number of nitrogens with one attached hydrogen (secondary N) is 1. The molecule has 0 spiro atoms. The predicted octanol–water partition coefficient (Wildman–Crippen LogP) is 9.84. The van der Waals surface area contributed by atoms with Crippen LogP contribution in [0.25, 0.3) is 0 Å². The van der Waals surface area contributed by atoms with E-state index in [0.717, 1.165) is 55.9 Å². The molecule has 5 fully saturated rings. The van der Waals surface area contributed by atoms with E-state index in [0.29, 0.717) is 66.3 Å². The third-order valence-electron chi connectivity index (χ3n) is 18.1. The van der Waals surface area contributed by atoms with Crippen LogP contribution in [-0.2, 0) is 30.4 Å². The maximum absolute atomic E-state index is 13.0. The minimum absolute atomic E-state index is 0.0371. The van der Waals surface area contributed by atoms with E-state index in [-0.39, 0.29) is 23.5 Å². The number of carbonyl (C=O) groups is 1. The quantitative estimate of drug-likeness (QED) is 0.180. The molecule has 56 heavy (non-hydrogen) atoms. The average molecular weight is 790 g/mol. The average Bonchev–Trinajstić information content (AvgIpc) is 3.59. The number of allylic oxidation sites excluding steroid dienone is 4. The molecule has 0 saturated heterocycles. The van der Waals surface area contributed by atoms with Crippen LogP contribution in [0.4, 0.5) is 0 Å². The Balaban J connectivity index is 0.906. The van der Waals surface area contributed by atoms with Gasteiger partial charge in [-0.25, -0.2) is 0 Å². The minimum atomic E-state index is -3.47. The van der Waals surface area contributed by atoms with Crippen LogP contribution in [0.3, 0.4) is 0 Å². The van der Waals surface area contributed by atoms with Crippen molar-refractivity contribution in [2.24, 2.45) is 51.8 Å². The number of esters is 1. The Morgan fingerprint density at radius 1 is 0.857 bits per heavy atom. The van der Waals surface area contributed by atoms with Crippen molar-refractivity contribution < 1.29 is 27.2 Å². The van der Waals surface area contributed by atoms with Gasteiger partial charge in [-0.3, -0.25) is 8.98 Å². The van der Waals surface area contributed by atoms with E-state index in [9.17, 15) is 18.3 Å². The molecule has 7 aliphatic carbocycles.